The molecule has 27 heavy (non-hydrogen) atoms. The van der Waals surface area contributed by atoms with E-state index in [-0.39, 0.29) is 5.91 Å². The smallest absolute Gasteiger partial charge is 0.234 e. The number of amides is 1. The van der Waals surface area contributed by atoms with Gasteiger partial charge in [0.25, 0.3) is 0 Å². The highest BCUT2D eigenvalue weighted by molar-refractivity contribution is 7.11. The molecule has 3 rings (SSSR count). The van der Waals surface area contributed by atoms with E-state index in [4.69, 9.17) is 4.99 Å². The van der Waals surface area contributed by atoms with Gasteiger partial charge in [-0.25, -0.2) is 4.98 Å². The normalized spacial score (nSPS) is 18.6. The van der Waals surface area contributed by atoms with E-state index in [1.54, 1.807) is 11.3 Å². The molecule has 0 bridgehead atoms. The lowest BCUT2D eigenvalue weighted by Crippen LogP contribution is -2.54. The van der Waals surface area contributed by atoms with Crippen LogP contribution in [0.2, 0.25) is 0 Å². The summed E-state index contributed by atoms with van der Waals surface area (Å²) in [5.41, 5.74) is 1.13. The van der Waals surface area contributed by atoms with Crippen molar-refractivity contribution in [2.75, 3.05) is 45.8 Å². The van der Waals surface area contributed by atoms with E-state index < -0.39 is 0 Å². The van der Waals surface area contributed by atoms with Crippen LogP contribution < -0.4 is 10.6 Å². The lowest BCUT2D eigenvalue weighted by Gasteiger charge is -2.36. The molecule has 1 aromatic rings. The zero-order valence-electron chi connectivity index (χ0n) is 16.8. The van der Waals surface area contributed by atoms with E-state index in [1.807, 2.05) is 0 Å². The summed E-state index contributed by atoms with van der Waals surface area (Å²) in [5, 5.41) is 7.61. The highest BCUT2D eigenvalue weighted by Crippen LogP contribution is 2.19. The molecule has 0 aromatic carbocycles. The Kier molecular flexibility index (Phi) is 7.07. The fourth-order valence-electron chi connectivity index (χ4n) is 3.32. The minimum atomic E-state index is 0.168. The lowest BCUT2D eigenvalue weighted by atomic mass is 10.3. The van der Waals surface area contributed by atoms with Gasteiger partial charge in [0.1, 0.15) is 0 Å². The number of aliphatic imine (C=N–C) groups is 1. The average molecular weight is 393 g/mol. The van der Waals surface area contributed by atoms with Gasteiger partial charge in [-0.2, -0.15) is 0 Å². The number of aromatic nitrogens is 1. The maximum absolute atomic E-state index is 12.0. The van der Waals surface area contributed by atoms with Crippen LogP contribution in [0.5, 0.6) is 0 Å². The quantitative estimate of drug-likeness (QED) is 0.538. The second-order valence-electron chi connectivity index (χ2n) is 7.33. The van der Waals surface area contributed by atoms with Crippen molar-refractivity contribution in [1.82, 2.24) is 25.4 Å². The predicted molar refractivity (Wildman–Crippen MR) is 110 cm³/mol. The summed E-state index contributed by atoms with van der Waals surface area (Å²) in [4.78, 5) is 27.2. The summed E-state index contributed by atoms with van der Waals surface area (Å²) in [5.74, 6) is 1.15. The van der Waals surface area contributed by atoms with Crippen LogP contribution in [0.4, 0.5) is 0 Å². The summed E-state index contributed by atoms with van der Waals surface area (Å²) >= 11 is 1.77. The summed E-state index contributed by atoms with van der Waals surface area (Å²) < 4.78 is 0. The molecule has 2 N–H and O–H groups in total. The van der Waals surface area contributed by atoms with Crippen LogP contribution in [0.3, 0.4) is 0 Å². The Bertz CT molecular complexity index is 661. The fraction of sp³-hybridized carbons (Fsp3) is 0.737. The van der Waals surface area contributed by atoms with Crippen molar-refractivity contribution in [1.29, 1.82) is 0 Å². The van der Waals surface area contributed by atoms with Crippen LogP contribution in [-0.4, -0.2) is 78.5 Å². The summed E-state index contributed by atoms with van der Waals surface area (Å²) in [7, 11) is 0. The number of nitrogens with zero attached hydrogens (tertiary/aromatic N) is 4. The molecule has 0 atom stereocenters. The van der Waals surface area contributed by atoms with Gasteiger partial charge in [-0.1, -0.05) is 0 Å². The summed E-state index contributed by atoms with van der Waals surface area (Å²) in [6, 6.07) is 0.442. The third-order valence-corrected chi connectivity index (χ3v) is 6.05. The number of hydrogen-bond acceptors (Lipinski definition) is 5. The van der Waals surface area contributed by atoms with Crippen molar-refractivity contribution < 1.29 is 4.79 Å². The van der Waals surface area contributed by atoms with Gasteiger partial charge in [-0.05, 0) is 33.6 Å². The van der Waals surface area contributed by atoms with E-state index in [0.717, 1.165) is 75.2 Å². The first kappa shape index (κ1) is 20.1. The van der Waals surface area contributed by atoms with E-state index in [0.29, 0.717) is 12.6 Å². The molecule has 1 saturated heterocycles. The van der Waals surface area contributed by atoms with Gasteiger partial charge in [0, 0.05) is 56.6 Å². The molecule has 1 amide bonds. The van der Waals surface area contributed by atoms with Crippen LogP contribution in [0.25, 0.3) is 0 Å². The molecule has 1 aliphatic carbocycles. The van der Waals surface area contributed by atoms with Gasteiger partial charge in [0.2, 0.25) is 5.91 Å². The SMILES string of the molecule is CCNC(=NCCc1sc(C)nc1C)N1CCN(CC(=O)NC2CC2)CC1. The molecule has 7 nitrogen and oxygen atoms in total. The zero-order valence-corrected chi connectivity index (χ0v) is 17.6. The highest BCUT2D eigenvalue weighted by atomic mass is 32.1. The topological polar surface area (TPSA) is 72.9 Å². The molecular formula is C19H32N6OS. The van der Waals surface area contributed by atoms with E-state index in [1.165, 1.54) is 4.88 Å². The molecule has 8 heteroatoms. The predicted octanol–water partition coefficient (Wildman–Crippen LogP) is 1.16. The molecular weight excluding hydrogens is 360 g/mol. The number of piperazine rings is 1. The van der Waals surface area contributed by atoms with Gasteiger partial charge >= 0.3 is 0 Å². The minimum absolute atomic E-state index is 0.168. The number of rotatable bonds is 7. The van der Waals surface area contributed by atoms with Gasteiger partial charge in [0.05, 0.1) is 17.2 Å². The Morgan fingerprint density at radius 3 is 2.59 bits per heavy atom. The van der Waals surface area contributed by atoms with Crippen LogP contribution in [0.15, 0.2) is 4.99 Å². The monoisotopic (exact) mass is 392 g/mol. The van der Waals surface area contributed by atoms with Crippen LogP contribution in [0.1, 0.15) is 35.3 Å². The number of carbonyl (C=O) groups excluding carboxylic acids is 1. The number of carbonyl (C=O) groups is 1. The highest BCUT2D eigenvalue weighted by Gasteiger charge is 2.25. The average Bonchev–Trinajstić information content (AvgIpc) is 3.38. The number of hydrogen-bond donors (Lipinski definition) is 2. The molecule has 2 aliphatic rings. The van der Waals surface area contributed by atoms with Crippen LogP contribution in [-0.2, 0) is 11.2 Å². The van der Waals surface area contributed by atoms with Crippen LogP contribution in [0, 0.1) is 13.8 Å². The first-order chi connectivity index (χ1) is 13.0. The number of aryl methyl sites for hydroxylation is 2. The Hall–Kier alpha value is -1.67. The number of thiazole rings is 1. The molecule has 0 radical (unpaired) electrons. The first-order valence-corrected chi connectivity index (χ1v) is 10.8. The largest absolute Gasteiger partial charge is 0.357 e. The molecule has 1 aromatic heterocycles. The third-order valence-electron chi connectivity index (χ3n) is 4.92. The molecule has 1 saturated carbocycles. The number of guanidine groups is 1. The van der Waals surface area contributed by atoms with Crippen molar-refractivity contribution in [2.45, 2.75) is 46.1 Å². The molecule has 2 heterocycles. The molecule has 2 fully saturated rings. The second-order valence-corrected chi connectivity index (χ2v) is 8.62. The van der Waals surface area contributed by atoms with Gasteiger partial charge in [-0.3, -0.25) is 14.7 Å². The van der Waals surface area contributed by atoms with Crippen molar-refractivity contribution in [3.05, 3.63) is 15.6 Å². The van der Waals surface area contributed by atoms with E-state index >= 15 is 0 Å². The third kappa shape index (κ3) is 6.17. The minimum Gasteiger partial charge on any atom is -0.357 e. The van der Waals surface area contributed by atoms with E-state index in [9.17, 15) is 4.79 Å². The van der Waals surface area contributed by atoms with E-state index in [2.05, 4.69) is 46.2 Å². The van der Waals surface area contributed by atoms with Crippen molar-refractivity contribution in [3.8, 4) is 0 Å². The van der Waals surface area contributed by atoms with Gasteiger partial charge in [0.15, 0.2) is 5.96 Å². The van der Waals surface area contributed by atoms with Gasteiger partial charge in [-0.15, -0.1) is 11.3 Å². The van der Waals surface area contributed by atoms with Crippen molar-refractivity contribution in [3.63, 3.8) is 0 Å². The van der Waals surface area contributed by atoms with Crippen molar-refractivity contribution >= 4 is 23.2 Å². The van der Waals surface area contributed by atoms with Gasteiger partial charge < -0.3 is 15.5 Å². The van der Waals surface area contributed by atoms with Crippen LogP contribution >= 0.6 is 11.3 Å². The molecule has 0 unspecified atom stereocenters. The Morgan fingerprint density at radius 1 is 1.26 bits per heavy atom. The lowest BCUT2D eigenvalue weighted by molar-refractivity contribution is -0.122. The summed E-state index contributed by atoms with van der Waals surface area (Å²) in [6.45, 7) is 12.0. The Labute approximate surface area is 166 Å². The first-order valence-electron chi connectivity index (χ1n) is 10.0. The number of nitrogens with one attached hydrogen (secondary N) is 2. The fourth-order valence-corrected chi connectivity index (χ4v) is 4.24. The maximum Gasteiger partial charge on any atom is 0.234 e. The second kappa shape index (κ2) is 9.50. The standard InChI is InChI=1S/C19H32N6OS/c1-4-20-19(21-8-7-17-14(2)22-15(3)27-17)25-11-9-24(10-12-25)13-18(26)23-16-5-6-16/h16H,4-13H2,1-3H3,(H,20,21)(H,23,26). The molecule has 1 aliphatic heterocycles. The summed E-state index contributed by atoms with van der Waals surface area (Å²) in [6.07, 6.45) is 3.22. The molecule has 0 spiro atoms. The Balaban J connectivity index is 1.46. The Morgan fingerprint density at radius 2 is 2.00 bits per heavy atom. The van der Waals surface area contributed by atoms with Crippen molar-refractivity contribution in [2.24, 2.45) is 4.99 Å². The maximum atomic E-state index is 12.0. The zero-order chi connectivity index (χ0) is 19.2. The molecule has 150 valence electrons.